The zero-order chi connectivity index (χ0) is 11.4. The lowest BCUT2D eigenvalue weighted by Crippen LogP contribution is -2.05. The van der Waals surface area contributed by atoms with Crippen LogP contribution in [-0.4, -0.2) is 9.55 Å². The van der Waals surface area contributed by atoms with Gasteiger partial charge in [0.25, 0.3) is 0 Å². The fourth-order valence-corrected chi connectivity index (χ4v) is 1.77. The van der Waals surface area contributed by atoms with Crippen LogP contribution in [0.15, 0.2) is 49.6 Å². The van der Waals surface area contributed by atoms with Crippen molar-refractivity contribution in [3.63, 3.8) is 0 Å². The number of hydrogen-bond donors (Lipinski definition) is 0. The second kappa shape index (κ2) is 4.79. The molecule has 16 heavy (non-hydrogen) atoms. The summed E-state index contributed by atoms with van der Waals surface area (Å²) >= 11 is 0. The summed E-state index contributed by atoms with van der Waals surface area (Å²) < 4.78 is 2.13. The number of aromatic nitrogens is 2. The summed E-state index contributed by atoms with van der Waals surface area (Å²) in [5, 5.41) is 0. The van der Waals surface area contributed by atoms with Gasteiger partial charge in [0.1, 0.15) is 0 Å². The highest BCUT2D eigenvalue weighted by molar-refractivity contribution is 5.47. The van der Waals surface area contributed by atoms with E-state index in [-0.39, 0.29) is 0 Å². The van der Waals surface area contributed by atoms with Gasteiger partial charge in [-0.25, -0.2) is 4.98 Å². The predicted molar refractivity (Wildman–Crippen MR) is 67.2 cm³/mol. The van der Waals surface area contributed by atoms with E-state index in [1.54, 1.807) is 0 Å². The quantitative estimate of drug-likeness (QED) is 0.760. The number of benzene rings is 1. The molecule has 2 aromatic rings. The fraction of sp³-hybridized carbons (Fsp3) is 0.214. The molecule has 0 fully saturated rings. The van der Waals surface area contributed by atoms with Gasteiger partial charge >= 0.3 is 0 Å². The van der Waals surface area contributed by atoms with Gasteiger partial charge in [0.2, 0.25) is 0 Å². The van der Waals surface area contributed by atoms with Crippen LogP contribution in [0.3, 0.4) is 0 Å². The minimum absolute atomic E-state index is 0.442. The van der Waals surface area contributed by atoms with E-state index in [9.17, 15) is 0 Å². The van der Waals surface area contributed by atoms with Gasteiger partial charge in [-0.1, -0.05) is 36.9 Å². The summed E-state index contributed by atoms with van der Waals surface area (Å²) in [5.74, 6) is 0. The minimum atomic E-state index is 0.442. The second-order valence-electron chi connectivity index (χ2n) is 4.01. The first kappa shape index (κ1) is 10.7. The monoisotopic (exact) mass is 212 g/mol. The molecule has 2 rings (SSSR count). The summed E-state index contributed by atoms with van der Waals surface area (Å²) in [7, 11) is 0. The van der Waals surface area contributed by atoms with Crippen LogP contribution < -0.4 is 0 Å². The Morgan fingerprint density at radius 2 is 2.12 bits per heavy atom. The lowest BCUT2D eigenvalue weighted by atomic mass is 10.1. The van der Waals surface area contributed by atoms with Crippen molar-refractivity contribution in [2.24, 2.45) is 0 Å². The van der Waals surface area contributed by atoms with E-state index < -0.39 is 0 Å². The standard InChI is InChI=1S/C14H16N2/c1-3-13-4-6-14(7-5-13)10-12(2)16-9-8-15-11-16/h3-9,11-12H,1,10H2,2H3. The maximum atomic E-state index is 4.06. The minimum Gasteiger partial charge on any atom is -0.334 e. The van der Waals surface area contributed by atoms with Gasteiger partial charge in [-0.05, 0) is 24.5 Å². The third-order valence-electron chi connectivity index (χ3n) is 2.78. The molecule has 0 amide bonds. The van der Waals surface area contributed by atoms with Crippen LogP contribution in [0.2, 0.25) is 0 Å². The summed E-state index contributed by atoms with van der Waals surface area (Å²) in [4.78, 5) is 4.06. The molecule has 82 valence electrons. The smallest absolute Gasteiger partial charge is 0.0948 e. The Labute approximate surface area is 96.3 Å². The topological polar surface area (TPSA) is 17.8 Å². The summed E-state index contributed by atoms with van der Waals surface area (Å²) in [6.07, 6.45) is 8.57. The van der Waals surface area contributed by atoms with Gasteiger partial charge in [0.05, 0.1) is 6.33 Å². The van der Waals surface area contributed by atoms with E-state index in [4.69, 9.17) is 0 Å². The molecule has 2 heteroatoms. The van der Waals surface area contributed by atoms with E-state index in [0.717, 1.165) is 6.42 Å². The molecule has 2 nitrogen and oxygen atoms in total. The molecule has 1 unspecified atom stereocenters. The molecule has 0 N–H and O–H groups in total. The Kier molecular flexibility index (Phi) is 3.20. The largest absolute Gasteiger partial charge is 0.334 e. The third kappa shape index (κ3) is 2.40. The molecule has 1 heterocycles. The third-order valence-corrected chi connectivity index (χ3v) is 2.78. The number of rotatable bonds is 4. The van der Waals surface area contributed by atoms with Crippen LogP contribution in [0.4, 0.5) is 0 Å². The van der Waals surface area contributed by atoms with E-state index in [0.29, 0.717) is 6.04 Å². The van der Waals surface area contributed by atoms with Crippen LogP contribution in [0, 0.1) is 0 Å². The van der Waals surface area contributed by atoms with Crippen molar-refractivity contribution >= 4 is 6.08 Å². The Bertz CT molecular complexity index is 440. The predicted octanol–water partition coefficient (Wildman–Crippen LogP) is 3.33. The molecule has 0 saturated carbocycles. The van der Waals surface area contributed by atoms with E-state index in [2.05, 4.69) is 47.3 Å². The molecule has 0 aliphatic heterocycles. The van der Waals surface area contributed by atoms with Crippen LogP contribution in [0.25, 0.3) is 6.08 Å². The molecule has 0 spiro atoms. The molecule has 0 aliphatic rings. The Hall–Kier alpha value is -1.83. The first-order valence-electron chi connectivity index (χ1n) is 5.48. The zero-order valence-corrected chi connectivity index (χ0v) is 9.50. The van der Waals surface area contributed by atoms with E-state index >= 15 is 0 Å². The maximum absolute atomic E-state index is 4.06. The van der Waals surface area contributed by atoms with Crippen molar-refractivity contribution in [1.29, 1.82) is 0 Å². The molecular formula is C14H16N2. The van der Waals surface area contributed by atoms with E-state index in [1.165, 1.54) is 11.1 Å². The normalized spacial score (nSPS) is 12.3. The Morgan fingerprint density at radius 3 is 2.69 bits per heavy atom. The number of nitrogens with zero attached hydrogens (tertiary/aromatic N) is 2. The fourth-order valence-electron chi connectivity index (χ4n) is 1.77. The van der Waals surface area contributed by atoms with Crippen molar-refractivity contribution in [2.45, 2.75) is 19.4 Å². The van der Waals surface area contributed by atoms with Crippen molar-refractivity contribution in [1.82, 2.24) is 9.55 Å². The highest BCUT2D eigenvalue weighted by Gasteiger charge is 2.04. The van der Waals surface area contributed by atoms with Crippen molar-refractivity contribution in [2.75, 3.05) is 0 Å². The van der Waals surface area contributed by atoms with Gasteiger partial charge in [0, 0.05) is 18.4 Å². The summed E-state index contributed by atoms with van der Waals surface area (Å²) in [6, 6.07) is 8.96. The van der Waals surface area contributed by atoms with E-state index in [1.807, 2.05) is 24.8 Å². The molecule has 0 saturated heterocycles. The average molecular weight is 212 g/mol. The molecule has 0 aliphatic carbocycles. The number of hydrogen-bond acceptors (Lipinski definition) is 1. The van der Waals surface area contributed by atoms with Crippen molar-refractivity contribution < 1.29 is 0 Å². The molecule has 0 radical (unpaired) electrons. The van der Waals surface area contributed by atoms with Gasteiger partial charge < -0.3 is 4.57 Å². The van der Waals surface area contributed by atoms with Gasteiger partial charge in [-0.15, -0.1) is 0 Å². The highest BCUT2D eigenvalue weighted by atomic mass is 15.0. The van der Waals surface area contributed by atoms with Gasteiger partial charge in [-0.3, -0.25) is 0 Å². The first-order valence-corrected chi connectivity index (χ1v) is 5.48. The lowest BCUT2D eigenvalue weighted by molar-refractivity contribution is 0.544. The van der Waals surface area contributed by atoms with Crippen LogP contribution in [-0.2, 0) is 6.42 Å². The van der Waals surface area contributed by atoms with Gasteiger partial charge in [-0.2, -0.15) is 0 Å². The molecular weight excluding hydrogens is 196 g/mol. The number of imidazole rings is 1. The summed E-state index contributed by atoms with van der Waals surface area (Å²) in [6.45, 7) is 5.95. The zero-order valence-electron chi connectivity index (χ0n) is 9.50. The SMILES string of the molecule is C=Cc1ccc(CC(C)n2ccnc2)cc1. The maximum Gasteiger partial charge on any atom is 0.0948 e. The van der Waals surface area contributed by atoms with Crippen LogP contribution in [0.1, 0.15) is 24.1 Å². The van der Waals surface area contributed by atoms with Crippen LogP contribution >= 0.6 is 0 Å². The van der Waals surface area contributed by atoms with Crippen molar-refractivity contribution in [3.8, 4) is 0 Å². The molecule has 1 aromatic carbocycles. The molecule has 1 atom stereocenters. The lowest BCUT2D eigenvalue weighted by Gasteiger charge is -2.12. The Morgan fingerprint density at radius 1 is 1.38 bits per heavy atom. The highest BCUT2D eigenvalue weighted by Crippen LogP contribution is 2.14. The molecule has 0 bridgehead atoms. The van der Waals surface area contributed by atoms with Crippen molar-refractivity contribution in [3.05, 3.63) is 60.7 Å². The second-order valence-corrected chi connectivity index (χ2v) is 4.01. The molecule has 1 aromatic heterocycles. The van der Waals surface area contributed by atoms with Gasteiger partial charge in [0.15, 0.2) is 0 Å². The first-order chi connectivity index (χ1) is 7.79. The Balaban J connectivity index is 2.06. The average Bonchev–Trinajstić information content (AvgIpc) is 2.83. The summed E-state index contributed by atoms with van der Waals surface area (Å²) in [5.41, 5.74) is 2.51. The van der Waals surface area contributed by atoms with Crippen LogP contribution in [0.5, 0.6) is 0 Å².